The molecule has 4 heterocycles. The normalized spacial score (nSPS) is 12.5. The summed E-state index contributed by atoms with van der Waals surface area (Å²) in [6.07, 6.45) is 1.85. The van der Waals surface area contributed by atoms with E-state index in [1.807, 2.05) is 79.0 Å². The van der Waals surface area contributed by atoms with E-state index in [1.54, 1.807) is 0 Å². The first-order chi connectivity index (χ1) is 25.2. The second-order valence-electron chi connectivity index (χ2n) is 12.6. The molecule has 1 aliphatic heterocycles. The first-order valence-electron chi connectivity index (χ1n) is 16.9. The van der Waals surface area contributed by atoms with Crippen LogP contribution in [-0.4, -0.2) is 25.8 Å². The SMILES string of the molecule is c1ccc(-c2nc(-c3ccccc3)nc(-c3ccc(-c4cnc5oc6c(c5c4)N=C(c4ccc5cc7ccccc7cc5c4)NC6)cc3)n2)cc1. The van der Waals surface area contributed by atoms with Gasteiger partial charge in [0.1, 0.15) is 11.5 Å². The number of hydrogen-bond donors (Lipinski definition) is 1. The van der Waals surface area contributed by atoms with Gasteiger partial charge >= 0.3 is 0 Å². The lowest BCUT2D eigenvalue weighted by atomic mass is 10.0. The lowest BCUT2D eigenvalue weighted by Crippen LogP contribution is -2.26. The maximum absolute atomic E-state index is 6.15. The van der Waals surface area contributed by atoms with Crippen LogP contribution in [-0.2, 0) is 6.54 Å². The van der Waals surface area contributed by atoms with E-state index in [9.17, 15) is 0 Å². The summed E-state index contributed by atoms with van der Waals surface area (Å²) < 4.78 is 6.15. The summed E-state index contributed by atoms with van der Waals surface area (Å²) in [4.78, 5) is 24.4. The van der Waals surface area contributed by atoms with Crippen molar-refractivity contribution in [3.05, 3.63) is 163 Å². The fourth-order valence-electron chi connectivity index (χ4n) is 6.74. The molecule has 0 radical (unpaired) electrons. The molecule has 0 atom stereocenters. The van der Waals surface area contributed by atoms with Crippen LogP contribution in [0.4, 0.5) is 5.69 Å². The summed E-state index contributed by atoms with van der Waals surface area (Å²) in [6, 6.07) is 49.8. The van der Waals surface area contributed by atoms with Crippen molar-refractivity contribution in [3.63, 3.8) is 0 Å². The zero-order valence-corrected chi connectivity index (χ0v) is 27.3. The number of nitrogens with one attached hydrogen (secondary N) is 1. The van der Waals surface area contributed by atoms with Crippen LogP contribution in [0.5, 0.6) is 0 Å². The van der Waals surface area contributed by atoms with Crippen molar-refractivity contribution in [2.75, 3.05) is 0 Å². The summed E-state index contributed by atoms with van der Waals surface area (Å²) in [7, 11) is 0. The van der Waals surface area contributed by atoms with Crippen molar-refractivity contribution in [2.45, 2.75) is 6.54 Å². The van der Waals surface area contributed by atoms with E-state index in [2.05, 4.69) is 78.1 Å². The highest BCUT2D eigenvalue weighted by Gasteiger charge is 2.22. The van der Waals surface area contributed by atoms with Crippen LogP contribution in [0.2, 0.25) is 0 Å². The third-order valence-corrected chi connectivity index (χ3v) is 9.38. The number of amidine groups is 1. The molecule has 0 unspecified atom stereocenters. The van der Waals surface area contributed by atoms with Gasteiger partial charge in [-0.05, 0) is 51.4 Å². The minimum atomic E-state index is 0.534. The zero-order valence-electron chi connectivity index (χ0n) is 27.3. The van der Waals surface area contributed by atoms with Crippen molar-refractivity contribution in [1.82, 2.24) is 25.3 Å². The Hall–Kier alpha value is -6.99. The first kappa shape index (κ1) is 29.0. The van der Waals surface area contributed by atoms with Gasteiger partial charge in [-0.3, -0.25) is 0 Å². The van der Waals surface area contributed by atoms with Crippen molar-refractivity contribution < 1.29 is 4.42 Å². The van der Waals surface area contributed by atoms with E-state index in [0.717, 1.165) is 56.1 Å². The molecule has 7 nitrogen and oxygen atoms in total. The average Bonchev–Trinajstić information content (AvgIpc) is 3.58. The number of furan rings is 1. The van der Waals surface area contributed by atoms with E-state index < -0.39 is 0 Å². The molecule has 0 fully saturated rings. The molecular weight excluding hydrogens is 629 g/mol. The molecule has 9 aromatic rings. The topological polar surface area (TPSA) is 89.1 Å². The van der Waals surface area contributed by atoms with Gasteiger partial charge in [-0.2, -0.15) is 0 Å². The Morgan fingerprint density at radius 2 is 1.02 bits per heavy atom. The Balaban J connectivity index is 0.994. The van der Waals surface area contributed by atoms with Crippen molar-refractivity contribution >= 4 is 44.2 Å². The maximum atomic E-state index is 6.15. The number of aliphatic imine (C=N–C) groups is 1. The molecule has 7 heteroatoms. The van der Waals surface area contributed by atoms with Crippen LogP contribution in [0.25, 0.3) is 77.9 Å². The molecular formula is C44H28N6O. The molecule has 0 spiro atoms. The van der Waals surface area contributed by atoms with E-state index in [1.165, 1.54) is 21.5 Å². The number of pyridine rings is 1. The van der Waals surface area contributed by atoms with Gasteiger partial charge in [0.05, 0.1) is 11.9 Å². The third kappa shape index (κ3) is 5.28. The minimum absolute atomic E-state index is 0.534. The van der Waals surface area contributed by atoms with Gasteiger partial charge < -0.3 is 9.73 Å². The first-order valence-corrected chi connectivity index (χ1v) is 16.9. The van der Waals surface area contributed by atoms with Gasteiger partial charge in [0.15, 0.2) is 23.2 Å². The average molecular weight is 657 g/mol. The van der Waals surface area contributed by atoms with E-state index in [-0.39, 0.29) is 0 Å². The molecule has 0 saturated carbocycles. The van der Waals surface area contributed by atoms with Crippen LogP contribution < -0.4 is 5.32 Å². The number of nitrogens with zero attached hydrogens (tertiary/aromatic N) is 5. The summed E-state index contributed by atoms with van der Waals surface area (Å²) in [6.45, 7) is 0.534. The van der Waals surface area contributed by atoms with Crippen molar-refractivity contribution in [2.24, 2.45) is 4.99 Å². The Kier molecular flexibility index (Phi) is 6.74. The summed E-state index contributed by atoms with van der Waals surface area (Å²) in [5.41, 5.74) is 7.18. The highest BCUT2D eigenvalue weighted by molar-refractivity contribution is 6.08. The molecule has 51 heavy (non-hydrogen) atoms. The van der Waals surface area contributed by atoms with Gasteiger partial charge in [0.25, 0.3) is 0 Å². The fourth-order valence-corrected chi connectivity index (χ4v) is 6.74. The summed E-state index contributed by atoms with van der Waals surface area (Å²) in [5.74, 6) is 3.47. The zero-order chi connectivity index (χ0) is 33.7. The van der Waals surface area contributed by atoms with Crippen LogP contribution >= 0.6 is 0 Å². The minimum Gasteiger partial charge on any atom is -0.439 e. The van der Waals surface area contributed by atoms with Gasteiger partial charge in [0.2, 0.25) is 5.71 Å². The fraction of sp³-hybridized carbons (Fsp3) is 0.0227. The van der Waals surface area contributed by atoms with Crippen molar-refractivity contribution in [1.29, 1.82) is 0 Å². The van der Waals surface area contributed by atoms with Gasteiger partial charge in [-0.25, -0.2) is 24.9 Å². The number of aromatic nitrogens is 4. The number of fused-ring (bicyclic) bond motifs is 5. The van der Waals surface area contributed by atoms with E-state index in [0.29, 0.717) is 29.7 Å². The largest absolute Gasteiger partial charge is 0.439 e. The standard InChI is InChI=1S/C44H28N6O/c1-3-9-28(10-4-1)41-48-42(29-11-5-2-6-12-29)50-43(49-41)30-17-15-27(16-18-30)36-24-37-39-38(51-44(37)46-25-36)26-45-40(47-39)34-20-19-33-21-31-13-7-8-14-32(31)22-35(33)23-34/h1-25H,26H2,(H,45,47). The van der Waals surface area contributed by atoms with Gasteiger partial charge in [-0.15, -0.1) is 0 Å². The van der Waals surface area contributed by atoms with Crippen LogP contribution in [0.3, 0.4) is 0 Å². The highest BCUT2D eigenvalue weighted by Crippen LogP contribution is 2.37. The lowest BCUT2D eigenvalue weighted by Gasteiger charge is -2.15. The van der Waals surface area contributed by atoms with E-state index in [4.69, 9.17) is 29.3 Å². The summed E-state index contributed by atoms with van der Waals surface area (Å²) >= 11 is 0. The third-order valence-electron chi connectivity index (χ3n) is 9.38. The number of hydrogen-bond acceptors (Lipinski definition) is 7. The molecule has 0 amide bonds. The molecule has 1 aliphatic rings. The molecule has 240 valence electrons. The second kappa shape index (κ2) is 11.9. The molecule has 10 rings (SSSR count). The smallest absolute Gasteiger partial charge is 0.228 e. The van der Waals surface area contributed by atoms with Crippen LogP contribution in [0.15, 0.2) is 161 Å². The quantitative estimate of drug-likeness (QED) is 0.186. The molecule has 0 bridgehead atoms. The predicted octanol–water partition coefficient (Wildman–Crippen LogP) is 10.2. The number of rotatable bonds is 5. The highest BCUT2D eigenvalue weighted by atomic mass is 16.3. The summed E-state index contributed by atoms with van der Waals surface area (Å²) in [5, 5.41) is 9.18. The van der Waals surface area contributed by atoms with Gasteiger partial charge in [-0.1, -0.05) is 121 Å². The van der Waals surface area contributed by atoms with Crippen molar-refractivity contribution in [3.8, 4) is 45.3 Å². The van der Waals surface area contributed by atoms with Crippen LogP contribution in [0.1, 0.15) is 11.3 Å². The Morgan fingerprint density at radius 3 is 1.69 bits per heavy atom. The molecule has 0 aliphatic carbocycles. The lowest BCUT2D eigenvalue weighted by molar-refractivity contribution is 0.530. The predicted molar refractivity (Wildman–Crippen MR) is 204 cm³/mol. The molecule has 3 aromatic heterocycles. The molecule has 1 N–H and O–H groups in total. The van der Waals surface area contributed by atoms with E-state index >= 15 is 0 Å². The second-order valence-corrected chi connectivity index (χ2v) is 12.6. The van der Waals surface area contributed by atoms with Gasteiger partial charge in [0, 0.05) is 34.0 Å². The number of benzene rings is 6. The molecule has 0 saturated heterocycles. The van der Waals surface area contributed by atoms with Crippen LogP contribution in [0, 0.1) is 0 Å². The Labute approximate surface area is 293 Å². The maximum Gasteiger partial charge on any atom is 0.228 e. The monoisotopic (exact) mass is 656 g/mol. The Bertz CT molecular complexity index is 2730. The Morgan fingerprint density at radius 1 is 0.471 bits per heavy atom. The molecule has 6 aromatic carbocycles.